The number of nitrogens with zero attached hydrogens (tertiary/aromatic N) is 1. The molecule has 2 atom stereocenters. The molecule has 2 fully saturated rings. The summed E-state index contributed by atoms with van der Waals surface area (Å²) in [4.78, 5) is 25.6. The summed E-state index contributed by atoms with van der Waals surface area (Å²) >= 11 is 0. The number of halogens is 2. The average Bonchev–Trinajstić information content (AvgIpc) is 2.95. The highest BCUT2D eigenvalue weighted by Crippen LogP contribution is 2.42. The van der Waals surface area contributed by atoms with E-state index < -0.39 is 23.0 Å². The predicted octanol–water partition coefficient (Wildman–Crippen LogP) is 1.85. The van der Waals surface area contributed by atoms with E-state index in [1.165, 1.54) is 11.0 Å². The van der Waals surface area contributed by atoms with Crippen LogP contribution in [0.15, 0.2) is 18.2 Å². The first-order valence-electron chi connectivity index (χ1n) is 7.95. The maximum absolute atomic E-state index is 13.6. The van der Waals surface area contributed by atoms with E-state index in [0.29, 0.717) is 26.2 Å². The van der Waals surface area contributed by atoms with Crippen molar-refractivity contribution in [3.8, 4) is 0 Å². The van der Waals surface area contributed by atoms with E-state index in [4.69, 9.17) is 4.74 Å². The zero-order chi connectivity index (χ0) is 17.3. The lowest BCUT2D eigenvalue weighted by molar-refractivity contribution is -0.157. The number of benzene rings is 1. The zero-order valence-corrected chi connectivity index (χ0v) is 13.1. The van der Waals surface area contributed by atoms with Gasteiger partial charge >= 0.3 is 5.97 Å². The van der Waals surface area contributed by atoms with Gasteiger partial charge in [0.1, 0.15) is 11.6 Å². The third-order valence-corrected chi connectivity index (χ3v) is 5.11. The molecule has 7 heteroatoms. The smallest absolute Gasteiger partial charge is 0.311 e. The van der Waals surface area contributed by atoms with Gasteiger partial charge in [0.15, 0.2) is 0 Å². The van der Waals surface area contributed by atoms with Crippen molar-refractivity contribution < 1.29 is 28.2 Å². The summed E-state index contributed by atoms with van der Waals surface area (Å²) < 4.78 is 31.9. The molecule has 0 aromatic heterocycles. The van der Waals surface area contributed by atoms with E-state index in [9.17, 15) is 23.5 Å². The topological polar surface area (TPSA) is 66.8 Å². The van der Waals surface area contributed by atoms with Gasteiger partial charge in [-0.2, -0.15) is 0 Å². The SMILES string of the molecule is O=C(CCc1ccc(F)cc1F)N1C[C@@H]2COCC[C@]2(C(=O)O)C1. The van der Waals surface area contributed by atoms with Crippen molar-refractivity contribution in [3.05, 3.63) is 35.4 Å². The lowest BCUT2D eigenvalue weighted by atomic mass is 9.74. The Hall–Kier alpha value is -2.02. The third-order valence-electron chi connectivity index (χ3n) is 5.11. The van der Waals surface area contributed by atoms with Crippen molar-refractivity contribution in [3.63, 3.8) is 0 Å². The molecule has 0 aliphatic carbocycles. The Morgan fingerprint density at radius 3 is 2.83 bits per heavy atom. The van der Waals surface area contributed by atoms with E-state index in [0.717, 1.165) is 12.1 Å². The molecular formula is C17H19F2NO4. The van der Waals surface area contributed by atoms with Crippen LogP contribution in [-0.2, 0) is 20.7 Å². The van der Waals surface area contributed by atoms with Crippen LogP contribution in [0.5, 0.6) is 0 Å². The second kappa shape index (κ2) is 6.47. The van der Waals surface area contributed by atoms with Gasteiger partial charge in [0.05, 0.1) is 12.0 Å². The first-order chi connectivity index (χ1) is 11.4. The van der Waals surface area contributed by atoms with E-state index in [1.54, 1.807) is 0 Å². The minimum Gasteiger partial charge on any atom is -0.481 e. The molecule has 0 saturated carbocycles. The molecule has 1 aromatic rings. The number of ether oxygens (including phenoxy) is 1. The van der Waals surface area contributed by atoms with Gasteiger partial charge in [0, 0.05) is 38.1 Å². The van der Waals surface area contributed by atoms with Crippen LogP contribution in [0, 0.1) is 23.0 Å². The monoisotopic (exact) mass is 339 g/mol. The molecule has 0 spiro atoms. The van der Waals surface area contributed by atoms with Crippen LogP contribution >= 0.6 is 0 Å². The summed E-state index contributed by atoms with van der Waals surface area (Å²) in [5.41, 5.74) is -0.660. The fraction of sp³-hybridized carbons (Fsp3) is 0.529. The number of aryl methyl sites for hydroxylation is 1. The number of likely N-dealkylation sites (tertiary alicyclic amines) is 1. The molecule has 130 valence electrons. The molecule has 0 unspecified atom stereocenters. The minimum absolute atomic E-state index is 0.0613. The molecule has 0 bridgehead atoms. The predicted molar refractivity (Wildman–Crippen MR) is 80.3 cm³/mol. The van der Waals surface area contributed by atoms with Crippen molar-refractivity contribution in [1.82, 2.24) is 4.90 Å². The van der Waals surface area contributed by atoms with E-state index in [-0.39, 0.29) is 36.8 Å². The molecule has 2 heterocycles. The number of fused-ring (bicyclic) bond motifs is 1. The average molecular weight is 339 g/mol. The summed E-state index contributed by atoms with van der Waals surface area (Å²) in [7, 11) is 0. The van der Waals surface area contributed by atoms with Crippen molar-refractivity contribution in [2.45, 2.75) is 19.3 Å². The van der Waals surface area contributed by atoms with Gasteiger partial charge in [-0.05, 0) is 24.5 Å². The van der Waals surface area contributed by atoms with Gasteiger partial charge in [0.25, 0.3) is 0 Å². The van der Waals surface area contributed by atoms with Crippen LogP contribution in [0.1, 0.15) is 18.4 Å². The number of rotatable bonds is 4. The Balaban J connectivity index is 1.65. The fourth-order valence-corrected chi connectivity index (χ4v) is 3.61. The lowest BCUT2D eigenvalue weighted by Crippen LogP contribution is -2.45. The Kier molecular flexibility index (Phi) is 4.54. The van der Waals surface area contributed by atoms with Gasteiger partial charge in [-0.25, -0.2) is 8.78 Å². The van der Waals surface area contributed by atoms with Crippen LogP contribution in [0.25, 0.3) is 0 Å². The van der Waals surface area contributed by atoms with Crippen molar-refractivity contribution in [2.24, 2.45) is 11.3 Å². The number of carbonyl (C=O) groups is 2. The highest BCUT2D eigenvalue weighted by molar-refractivity contribution is 5.81. The molecule has 1 aromatic carbocycles. The van der Waals surface area contributed by atoms with E-state index in [1.807, 2.05) is 0 Å². The summed E-state index contributed by atoms with van der Waals surface area (Å²) in [6.45, 7) is 1.23. The molecular weight excluding hydrogens is 320 g/mol. The molecule has 5 nitrogen and oxygen atoms in total. The Morgan fingerprint density at radius 2 is 2.17 bits per heavy atom. The Labute approximate surface area is 138 Å². The summed E-state index contributed by atoms with van der Waals surface area (Å²) in [5.74, 6) is -2.65. The van der Waals surface area contributed by atoms with Crippen molar-refractivity contribution in [1.29, 1.82) is 0 Å². The van der Waals surface area contributed by atoms with Gasteiger partial charge in [-0.15, -0.1) is 0 Å². The van der Waals surface area contributed by atoms with Crippen LogP contribution in [-0.4, -0.2) is 48.2 Å². The summed E-state index contributed by atoms with van der Waals surface area (Å²) in [6, 6.07) is 3.28. The van der Waals surface area contributed by atoms with Crippen LogP contribution in [0.4, 0.5) is 8.78 Å². The number of aliphatic carboxylic acids is 1. The fourth-order valence-electron chi connectivity index (χ4n) is 3.61. The van der Waals surface area contributed by atoms with Gasteiger partial charge in [0.2, 0.25) is 5.91 Å². The number of carbonyl (C=O) groups excluding carboxylic acids is 1. The Bertz CT molecular complexity index is 666. The summed E-state index contributed by atoms with van der Waals surface area (Å²) in [5, 5.41) is 9.59. The maximum Gasteiger partial charge on any atom is 0.311 e. The third kappa shape index (κ3) is 3.00. The van der Waals surface area contributed by atoms with Gasteiger partial charge < -0.3 is 14.7 Å². The lowest BCUT2D eigenvalue weighted by Gasteiger charge is -2.33. The Morgan fingerprint density at radius 1 is 1.38 bits per heavy atom. The normalized spacial score (nSPS) is 26.2. The highest BCUT2D eigenvalue weighted by atomic mass is 19.1. The van der Waals surface area contributed by atoms with Gasteiger partial charge in [-0.3, -0.25) is 9.59 Å². The number of amides is 1. The number of hydrogen-bond donors (Lipinski definition) is 1. The molecule has 0 radical (unpaired) electrons. The quantitative estimate of drug-likeness (QED) is 0.909. The zero-order valence-electron chi connectivity index (χ0n) is 13.1. The minimum atomic E-state index is -0.935. The molecule has 24 heavy (non-hydrogen) atoms. The molecule has 2 aliphatic rings. The highest BCUT2D eigenvalue weighted by Gasteiger charge is 2.54. The number of hydrogen-bond acceptors (Lipinski definition) is 3. The molecule has 1 N–H and O–H groups in total. The maximum atomic E-state index is 13.6. The van der Waals surface area contributed by atoms with E-state index in [2.05, 4.69) is 0 Å². The standard InChI is InChI=1S/C17H19F2NO4/c18-13-3-1-11(14(19)7-13)2-4-15(21)20-8-12-9-24-6-5-17(12,10-20)16(22)23/h1,3,7,12H,2,4-6,8-10H2,(H,22,23)/t12-,17+/m1/s1. The van der Waals surface area contributed by atoms with Gasteiger partial charge in [-0.1, -0.05) is 6.07 Å². The van der Waals surface area contributed by atoms with E-state index >= 15 is 0 Å². The molecule has 2 saturated heterocycles. The molecule has 2 aliphatic heterocycles. The van der Waals surface area contributed by atoms with Crippen LogP contribution in [0.2, 0.25) is 0 Å². The second-order valence-corrected chi connectivity index (χ2v) is 6.49. The number of carboxylic acid groups (broad SMARTS) is 1. The first kappa shape index (κ1) is 16.8. The van der Waals surface area contributed by atoms with Crippen LogP contribution < -0.4 is 0 Å². The number of carboxylic acids is 1. The van der Waals surface area contributed by atoms with Crippen molar-refractivity contribution >= 4 is 11.9 Å². The molecule has 3 rings (SSSR count). The van der Waals surface area contributed by atoms with Crippen LogP contribution in [0.3, 0.4) is 0 Å². The van der Waals surface area contributed by atoms with Crippen molar-refractivity contribution in [2.75, 3.05) is 26.3 Å². The second-order valence-electron chi connectivity index (χ2n) is 6.49. The first-order valence-corrected chi connectivity index (χ1v) is 7.95. The largest absolute Gasteiger partial charge is 0.481 e. The molecule has 1 amide bonds. The summed E-state index contributed by atoms with van der Waals surface area (Å²) in [6.07, 6.45) is 0.609.